The van der Waals surface area contributed by atoms with Gasteiger partial charge in [0, 0.05) is 42.2 Å². The summed E-state index contributed by atoms with van der Waals surface area (Å²) in [5.74, 6) is 0.0371. The molecule has 32 heavy (non-hydrogen) atoms. The summed E-state index contributed by atoms with van der Waals surface area (Å²) in [5, 5.41) is 18.9. The van der Waals surface area contributed by atoms with Gasteiger partial charge in [0.15, 0.2) is 0 Å². The molecule has 1 heterocycles. The summed E-state index contributed by atoms with van der Waals surface area (Å²) in [5.41, 5.74) is 11.6. The van der Waals surface area contributed by atoms with Gasteiger partial charge in [0.1, 0.15) is 6.67 Å². The van der Waals surface area contributed by atoms with Crippen molar-refractivity contribution in [2.24, 2.45) is 16.6 Å². The van der Waals surface area contributed by atoms with Gasteiger partial charge in [-0.05, 0) is 67.7 Å². The number of amides is 1. The molecule has 0 fully saturated rings. The second-order valence-electron chi connectivity index (χ2n) is 8.16. The molecule has 0 saturated heterocycles. The summed E-state index contributed by atoms with van der Waals surface area (Å²) in [7, 11) is 0. The van der Waals surface area contributed by atoms with E-state index in [2.05, 4.69) is 53.0 Å². The van der Waals surface area contributed by atoms with Crippen molar-refractivity contribution in [3.63, 3.8) is 0 Å². The van der Waals surface area contributed by atoms with Crippen molar-refractivity contribution in [3.8, 4) is 6.07 Å². The average Bonchev–Trinajstić information content (AvgIpc) is 2.84. The van der Waals surface area contributed by atoms with E-state index in [0.717, 1.165) is 42.5 Å². The van der Waals surface area contributed by atoms with E-state index in [4.69, 9.17) is 5.73 Å². The molecule has 0 aromatic rings. The summed E-state index contributed by atoms with van der Waals surface area (Å²) in [4.78, 5) is 16.5. The minimum absolute atomic E-state index is 0.0710. The minimum Gasteiger partial charge on any atom is -0.405 e. The third kappa shape index (κ3) is 5.79. The van der Waals surface area contributed by atoms with Crippen LogP contribution in [-0.2, 0) is 4.79 Å². The summed E-state index contributed by atoms with van der Waals surface area (Å²) in [6.45, 7) is 5.19. The maximum atomic E-state index is 12.4. The first-order valence-corrected chi connectivity index (χ1v) is 11.1. The first-order chi connectivity index (χ1) is 15.5. The average molecular weight is 433 g/mol. The van der Waals surface area contributed by atoms with Gasteiger partial charge in [-0.2, -0.15) is 5.26 Å². The quantitative estimate of drug-likeness (QED) is 0.471. The van der Waals surface area contributed by atoms with Crippen molar-refractivity contribution in [2.75, 3.05) is 13.2 Å². The van der Waals surface area contributed by atoms with Crippen LogP contribution in [0.2, 0.25) is 0 Å². The Hall–Kier alpha value is -3.53. The topological polar surface area (TPSA) is 115 Å². The van der Waals surface area contributed by atoms with Crippen LogP contribution in [0.15, 0.2) is 75.3 Å². The molecule has 7 heteroatoms. The molecule has 1 amide bonds. The van der Waals surface area contributed by atoms with Gasteiger partial charge in [0.25, 0.3) is 5.91 Å². The van der Waals surface area contributed by atoms with E-state index in [1.807, 2.05) is 12.2 Å². The zero-order chi connectivity index (χ0) is 22.9. The van der Waals surface area contributed by atoms with Crippen LogP contribution in [0.4, 0.5) is 0 Å². The third-order valence-electron chi connectivity index (χ3n) is 5.99. The smallest absolute Gasteiger partial charge is 0.254 e. The van der Waals surface area contributed by atoms with Gasteiger partial charge >= 0.3 is 0 Å². The summed E-state index contributed by atoms with van der Waals surface area (Å²) in [6.07, 6.45) is 16.7. The fourth-order valence-corrected chi connectivity index (χ4v) is 4.05. The third-order valence-corrected chi connectivity index (χ3v) is 5.99. The molecular formula is C25H32N6O. The lowest BCUT2D eigenvalue weighted by molar-refractivity contribution is -0.117. The molecule has 5 N–H and O–H groups in total. The fourth-order valence-electron chi connectivity index (χ4n) is 4.05. The van der Waals surface area contributed by atoms with E-state index in [1.54, 1.807) is 18.6 Å². The minimum atomic E-state index is -0.141. The Bertz CT molecular complexity index is 986. The highest BCUT2D eigenvalue weighted by Gasteiger charge is 2.23. The van der Waals surface area contributed by atoms with E-state index in [9.17, 15) is 10.1 Å². The van der Waals surface area contributed by atoms with Crippen LogP contribution in [0.3, 0.4) is 0 Å². The maximum absolute atomic E-state index is 12.4. The molecule has 7 nitrogen and oxygen atoms in total. The van der Waals surface area contributed by atoms with Gasteiger partial charge in [-0.1, -0.05) is 19.1 Å². The molecule has 0 aromatic carbocycles. The van der Waals surface area contributed by atoms with E-state index in [1.165, 1.54) is 11.1 Å². The molecule has 3 aliphatic rings. The Morgan fingerprint density at radius 1 is 1.50 bits per heavy atom. The number of hydrogen-bond donors (Lipinski definition) is 4. The molecule has 0 aromatic heterocycles. The van der Waals surface area contributed by atoms with Crippen molar-refractivity contribution in [3.05, 3.63) is 70.3 Å². The molecule has 3 rings (SSSR count). The maximum Gasteiger partial charge on any atom is 0.254 e. The first-order valence-electron chi connectivity index (χ1n) is 11.1. The second kappa shape index (κ2) is 11.2. The van der Waals surface area contributed by atoms with Crippen molar-refractivity contribution < 1.29 is 4.79 Å². The number of nitrogens with two attached hydrogens (primary N) is 1. The lowest BCUT2D eigenvalue weighted by Gasteiger charge is -2.29. The van der Waals surface area contributed by atoms with E-state index >= 15 is 0 Å². The molecule has 2 unspecified atom stereocenters. The molecule has 0 radical (unpaired) electrons. The Morgan fingerprint density at radius 3 is 3.03 bits per heavy atom. The van der Waals surface area contributed by atoms with Crippen LogP contribution in [0.1, 0.15) is 39.5 Å². The van der Waals surface area contributed by atoms with Crippen LogP contribution in [0, 0.1) is 17.2 Å². The predicted molar refractivity (Wildman–Crippen MR) is 128 cm³/mol. The Balaban J connectivity index is 1.75. The molecule has 2 aliphatic carbocycles. The lowest BCUT2D eigenvalue weighted by atomic mass is 9.81. The van der Waals surface area contributed by atoms with Gasteiger partial charge < -0.3 is 21.7 Å². The number of hydrogen-bond acceptors (Lipinski definition) is 6. The van der Waals surface area contributed by atoms with Crippen molar-refractivity contribution in [1.82, 2.24) is 16.0 Å². The van der Waals surface area contributed by atoms with Gasteiger partial charge in [-0.3, -0.25) is 9.79 Å². The molecule has 0 bridgehead atoms. The zero-order valence-corrected chi connectivity index (χ0v) is 18.8. The van der Waals surface area contributed by atoms with Gasteiger partial charge in [-0.25, -0.2) is 0 Å². The van der Waals surface area contributed by atoms with Crippen LogP contribution in [0.5, 0.6) is 0 Å². The first kappa shape index (κ1) is 23.1. The second-order valence-corrected chi connectivity index (χ2v) is 8.16. The van der Waals surface area contributed by atoms with Gasteiger partial charge in [-0.15, -0.1) is 0 Å². The fraction of sp³-hybridized carbons (Fsp3) is 0.400. The van der Waals surface area contributed by atoms with Gasteiger partial charge in [0.05, 0.1) is 11.6 Å². The Labute approximate surface area is 190 Å². The van der Waals surface area contributed by atoms with E-state index in [-0.39, 0.29) is 17.9 Å². The van der Waals surface area contributed by atoms with Crippen LogP contribution >= 0.6 is 0 Å². The number of nitrogens with zero attached hydrogens (tertiary/aromatic N) is 2. The standard InChI is InChI=1S/C25H32N6O/c1-3-23(15-30-25(32)22-13-28-16-29-14-22)31-24-11-21(10-19(7-8-26)17(24)2)20-6-4-5-18(9-20)12-27/h6-9,11,13-14,21,23,28,31H,3-5,10,15-16,26H2,1-2H3,(H,30,32)/b8-7-. The number of rotatable bonds is 8. The van der Waals surface area contributed by atoms with E-state index in [0.29, 0.717) is 18.8 Å². The molecule has 0 spiro atoms. The monoisotopic (exact) mass is 432 g/mol. The Kier molecular flexibility index (Phi) is 8.09. The SMILES string of the molecule is CCC(CNC(=O)C1=CNCN=C1)NC1=CC(C2=CCCC(C#N)=C2)CC(/C=C\N)=C1C. The van der Waals surface area contributed by atoms with Crippen LogP contribution < -0.4 is 21.7 Å². The number of nitriles is 1. The van der Waals surface area contributed by atoms with Gasteiger partial charge in [0.2, 0.25) is 0 Å². The van der Waals surface area contributed by atoms with Crippen LogP contribution in [-0.4, -0.2) is 31.4 Å². The van der Waals surface area contributed by atoms with Crippen molar-refractivity contribution in [2.45, 2.75) is 45.6 Å². The highest BCUT2D eigenvalue weighted by Crippen LogP contribution is 2.35. The van der Waals surface area contributed by atoms with Crippen molar-refractivity contribution >= 4 is 12.1 Å². The number of nitrogens with one attached hydrogen (secondary N) is 3. The zero-order valence-electron chi connectivity index (χ0n) is 18.8. The summed E-state index contributed by atoms with van der Waals surface area (Å²) in [6, 6.07) is 2.38. The number of carbonyl (C=O) groups is 1. The largest absolute Gasteiger partial charge is 0.405 e. The number of allylic oxidation sites excluding steroid dienone is 8. The number of carbonyl (C=O) groups excluding carboxylic acids is 1. The normalized spacial score (nSPS) is 21.6. The lowest BCUT2D eigenvalue weighted by Crippen LogP contribution is -2.41. The predicted octanol–water partition coefficient (Wildman–Crippen LogP) is 2.85. The summed E-state index contributed by atoms with van der Waals surface area (Å²) >= 11 is 0. The molecule has 168 valence electrons. The molecule has 1 aliphatic heterocycles. The highest BCUT2D eigenvalue weighted by atomic mass is 16.1. The summed E-state index contributed by atoms with van der Waals surface area (Å²) < 4.78 is 0. The Morgan fingerprint density at radius 2 is 2.34 bits per heavy atom. The number of aliphatic imine (C=N–C) groups is 1. The highest BCUT2D eigenvalue weighted by molar-refractivity contribution is 6.12. The molecular weight excluding hydrogens is 400 g/mol. The molecule has 2 atom stereocenters. The van der Waals surface area contributed by atoms with Crippen molar-refractivity contribution in [1.29, 1.82) is 5.26 Å². The van der Waals surface area contributed by atoms with E-state index < -0.39 is 0 Å². The molecule has 0 saturated carbocycles. The van der Waals surface area contributed by atoms with Crippen LogP contribution in [0.25, 0.3) is 0 Å².